The van der Waals surface area contributed by atoms with Gasteiger partial charge in [-0.3, -0.25) is 4.99 Å². The van der Waals surface area contributed by atoms with E-state index in [4.69, 9.17) is 10.5 Å². The Morgan fingerprint density at radius 1 is 1.15 bits per heavy atom. The molecule has 0 radical (unpaired) electrons. The topological polar surface area (TPSA) is 117 Å². The number of aldehydes is 1. The highest BCUT2D eigenvalue weighted by atomic mass is 32.2. The fourth-order valence-electron chi connectivity index (χ4n) is 6.12. The number of H-pyrrole nitrogens is 1. The van der Waals surface area contributed by atoms with Gasteiger partial charge in [-0.25, -0.2) is 13.8 Å². The molecule has 0 spiro atoms. The number of halogens is 2. The predicted octanol–water partition coefficient (Wildman–Crippen LogP) is 8.05. The summed E-state index contributed by atoms with van der Waals surface area (Å²) in [5.41, 5.74) is 8.31. The Labute approximate surface area is 278 Å². The molecule has 47 heavy (non-hydrogen) atoms. The highest BCUT2D eigenvalue weighted by Gasteiger charge is 2.38. The number of aliphatic imine (C=N–C) groups is 2. The van der Waals surface area contributed by atoms with Crippen LogP contribution in [0.3, 0.4) is 0 Å². The van der Waals surface area contributed by atoms with Crippen LogP contribution in [0.15, 0.2) is 70.8 Å². The third kappa shape index (κ3) is 7.41. The number of nitrogens with one attached hydrogen (secondary N) is 1. The van der Waals surface area contributed by atoms with E-state index in [1.165, 1.54) is 31.3 Å². The molecule has 1 atom stereocenters. The number of aryl methyl sites for hydroxylation is 2. The van der Waals surface area contributed by atoms with Crippen LogP contribution in [0.2, 0.25) is 0 Å². The van der Waals surface area contributed by atoms with Crippen LogP contribution in [0.5, 0.6) is 11.5 Å². The van der Waals surface area contributed by atoms with Crippen LogP contribution in [-0.2, 0) is 23.1 Å². The highest BCUT2D eigenvalue weighted by molar-refractivity contribution is 7.99. The quantitative estimate of drug-likeness (QED) is 0.216. The average Bonchev–Trinajstić information content (AvgIpc) is 3.52. The van der Waals surface area contributed by atoms with Crippen LogP contribution in [0.1, 0.15) is 61.8 Å². The molecule has 4 aromatic rings. The number of hydrogen-bond acceptors (Lipinski definition) is 6. The number of hydrogen-bond donors (Lipinski definition) is 2. The summed E-state index contributed by atoms with van der Waals surface area (Å²) >= 11 is 1.79. The standard InChI is InChI=1S/C37H39F2N5O2S/c1-36(2)14-6-15-37(22-40,25-9-4-7-24(19-25)8-5-17-45)35(41)44-34(42-3)29-20-26(10-11-30(29)38)46-33-28(13-18-47-23-36)27-12-16-43-32(27)21-31(33)39/h4,7,9-12,16-17,19-21,43H,5-6,8,13-15,18,23H2,1-3H3,(H2,41,42,44). The van der Waals surface area contributed by atoms with Gasteiger partial charge in [-0.2, -0.15) is 17.0 Å². The van der Waals surface area contributed by atoms with Crippen molar-refractivity contribution in [1.29, 1.82) is 5.26 Å². The molecule has 5 rings (SSSR count). The first-order valence-electron chi connectivity index (χ1n) is 15.7. The normalized spacial score (nSPS) is 19.9. The molecule has 0 aliphatic carbocycles. The molecule has 0 fully saturated rings. The molecule has 7 nitrogen and oxygen atoms in total. The molecule has 2 bridgehead atoms. The summed E-state index contributed by atoms with van der Waals surface area (Å²) in [5, 5.41) is 11.7. The van der Waals surface area contributed by atoms with Crippen molar-refractivity contribution in [3.63, 3.8) is 0 Å². The molecule has 1 aliphatic rings. The molecular formula is C37H39F2N5O2S. The van der Waals surface area contributed by atoms with E-state index in [1.807, 2.05) is 30.3 Å². The molecule has 0 amide bonds. The number of nitriles is 1. The van der Waals surface area contributed by atoms with Crippen LogP contribution in [0.4, 0.5) is 8.78 Å². The van der Waals surface area contributed by atoms with Gasteiger partial charge in [-0.1, -0.05) is 44.5 Å². The predicted molar refractivity (Wildman–Crippen MR) is 186 cm³/mol. The van der Waals surface area contributed by atoms with E-state index in [1.54, 1.807) is 18.0 Å². The number of amidine groups is 2. The van der Waals surface area contributed by atoms with Crippen molar-refractivity contribution < 1.29 is 18.3 Å². The summed E-state index contributed by atoms with van der Waals surface area (Å²) in [7, 11) is 1.47. The number of fused-ring (bicyclic) bond motifs is 5. The van der Waals surface area contributed by atoms with Crippen molar-refractivity contribution in [2.45, 2.75) is 57.8 Å². The molecule has 244 valence electrons. The van der Waals surface area contributed by atoms with Crippen molar-refractivity contribution >= 4 is 40.6 Å². The van der Waals surface area contributed by atoms with Crippen molar-refractivity contribution in [1.82, 2.24) is 4.98 Å². The zero-order valence-electron chi connectivity index (χ0n) is 26.9. The first-order valence-corrected chi connectivity index (χ1v) is 16.9. The fourth-order valence-corrected chi connectivity index (χ4v) is 7.31. The van der Waals surface area contributed by atoms with Gasteiger partial charge in [0.05, 0.1) is 11.6 Å². The third-order valence-electron chi connectivity index (χ3n) is 8.70. The Bertz CT molecular complexity index is 1880. The number of rotatable bonds is 4. The van der Waals surface area contributed by atoms with Crippen LogP contribution in [0, 0.1) is 28.4 Å². The SMILES string of the molecule is CN=C1N=C(N)C(C#N)(c2cccc(CCC=O)c2)CCCC(C)(C)CSCCc2c(c(F)cc3[nH]ccc23)Oc2ccc(F)c1c2. The van der Waals surface area contributed by atoms with Gasteiger partial charge in [0.1, 0.15) is 29.1 Å². The van der Waals surface area contributed by atoms with Crippen molar-refractivity contribution in [2.75, 3.05) is 18.6 Å². The summed E-state index contributed by atoms with van der Waals surface area (Å²) in [5.74, 6) is 0.693. The monoisotopic (exact) mass is 655 g/mol. The first-order chi connectivity index (χ1) is 22.6. The number of ether oxygens (including phenoxy) is 1. The molecule has 1 aliphatic heterocycles. The molecular weight excluding hydrogens is 617 g/mol. The van der Waals surface area contributed by atoms with Crippen molar-refractivity contribution in [3.05, 3.63) is 94.7 Å². The Balaban J connectivity index is 1.64. The number of carbonyl (C=O) groups is 1. The maximum absolute atomic E-state index is 15.6. The molecule has 0 saturated heterocycles. The van der Waals surface area contributed by atoms with Gasteiger partial charge in [0, 0.05) is 42.2 Å². The number of carbonyl (C=O) groups excluding carboxylic acids is 1. The number of aromatic amines is 1. The van der Waals surface area contributed by atoms with E-state index in [0.29, 0.717) is 43.2 Å². The number of nitrogens with zero attached hydrogens (tertiary/aromatic N) is 3. The lowest BCUT2D eigenvalue weighted by Gasteiger charge is -2.30. The zero-order valence-corrected chi connectivity index (χ0v) is 27.7. The summed E-state index contributed by atoms with van der Waals surface area (Å²) in [6.07, 6.45) is 5.95. The van der Waals surface area contributed by atoms with E-state index in [0.717, 1.165) is 40.7 Å². The fraction of sp³-hybridized carbons (Fsp3) is 0.351. The van der Waals surface area contributed by atoms with E-state index in [-0.39, 0.29) is 34.1 Å². The largest absolute Gasteiger partial charge is 0.454 e. The maximum Gasteiger partial charge on any atom is 0.168 e. The number of thioether (sulfide) groups is 1. The lowest BCUT2D eigenvalue weighted by atomic mass is 9.74. The highest BCUT2D eigenvalue weighted by Crippen LogP contribution is 2.38. The van der Waals surface area contributed by atoms with Gasteiger partial charge < -0.3 is 20.2 Å². The van der Waals surface area contributed by atoms with Gasteiger partial charge in [0.25, 0.3) is 0 Å². The van der Waals surface area contributed by atoms with E-state index in [2.05, 4.69) is 34.9 Å². The second-order valence-corrected chi connectivity index (χ2v) is 13.7. The van der Waals surface area contributed by atoms with Gasteiger partial charge in [-0.15, -0.1) is 0 Å². The number of benzene rings is 3. The molecule has 1 aromatic heterocycles. The summed E-state index contributed by atoms with van der Waals surface area (Å²) in [6.45, 7) is 4.39. The van der Waals surface area contributed by atoms with E-state index >= 15 is 8.78 Å². The Kier molecular flexibility index (Phi) is 10.5. The molecule has 3 N–H and O–H groups in total. The third-order valence-corrected chi connectivity index (χ3v) is 10.2. The second-order valence-electron chi connectivity index (χ2n) is 12.6. The van der Waals surface area contributed by atoms with Gasteiger partial charge >= 0.3 is 0 Å². The minimum atomic E-state index is -1.34. The zero-order chi connectivity index (χ0) is 33.6. The molecule has 0 saturated carbocycles. The van der Waals surface area contributed by atoms with Crippen LogP contribution in [-0.4, -0.2) is 41.5 Å². The first kappa shape index (κ1) is 33.9. The Hall–Kier alpha value is -4.49. The minimum Gasteiger partial charge on any atom is -0.454 e. The van der Waals surface area contributed by atoms with E-state index in [9.17, 15) is 10.1 Å². The molecule has 10 heteroatoms. The minimum absolute atomic E-state index is 0.00186. The second kappa shape index (κ2) is 14.5. The summed E-state index contributed by atoms with van der Waals surface area (Å²) < 4.78 is 37.2. The van der Waals surface area contributed by atoms with Crippen molar-refractivity contribution in [2.24, 2.45) is 21.1 Å². The molecule has 1 unspecified atom stereocenters. The Morgan fingerprint density at radius 3 is 2.74 bits per heavy atom. The lowest BCUT2D eigenvalue weighted by Crippen LogP contribution is -2.41. The molecule has 2 heterocycles. The summed E-state index contributed by atoms with van der Waals surface area (Å²) in [6, 6.07) is 17.4. The Morgan fingerprint density at radius 2 is 1.98 bits per heavy atom. The van der Waals surface area contributed by atoms with Gasteiger partial charge in [0.2, 0.25) is 0 Å². The number of aromatic nitrogens is 1. The summed E-state index contributed by atoms with van der Waals surface area (Å²) in [4.78, 5) is 23.0. The maximum atomic E-state index is 15.6. The van der Waals surface area contributed by atoms with Crippen LogP contribution >= 0.6 is 11.8 Å². The molecule has 3 aromatic carbocycles. The van der Waals surface area contributed by atoms with Crippen LogP contribution in [0.25, 0.3) is 10.9 Å². The lowest BCUT2D eigenvalue weighted by molar-refractivity contribution is -0.107. The van der Waals surface area contributed by atoms with Gasteiger partial charge in [0.15, 0.2) is 17.4 Å². The van der Waals surface area contributed by atoms with Crippen molar-refractivity contribution in [3.8, 4) is 17.6 Å². The van der Waals surface area contributed by atoms with E-state index < -0.39 is 17.0 Å². The van der Waals surface area contributed by atoms with Gasteiger partial charge in [-0.05, 0) is 78.0 Å². The van der Waals surface area contributed by atoms with Crippen LogP contribution < -0.4 is 10.5 Å². The number of nitrogens with two attached hydrogens (primary N) is 1. The average molecular weight is 656 g/mol. The smallest absolute Gasteiger partial charge is 0.168 e.